The maximum atomic E-state index is 13.2. The molecule has 0 atom stereocenters. The van der Waals surface area contributed by atoms with Crippen molar-refractivity contribution >= 4 is 11.9 Å². The number of hydrogen-bond acceptors (Lipinski definition) is 2. The third-order valence-electron chi connectivity index (χ3n) is 1.95. The van der Waals surface area contributed by atoms with Gasteiger partial charge in [-0.25, -0.2) is 8.78 Å². The van der Waals surface area contributed by atoms with E-state index in [1.165, 1.54) is 18.3 Å². The van der Waals surface area contributed by atoms with Crippen LogP contribution in [0.1, 0.15) is 5.56 Å². The summed E-state index contributed by atoms with van der Waals surface area (Å²) in [6.45, 7) is 0. The number of rotatable bonds is 2. The monoisotopic (exact) mass is 218 g/mol. The fourth-order valence-electron chi connectivity index (χ4n) is 1.18. The molecule has 1 heterocycles. The summed E-state index contributed by atoms with van der Waals surface area (Å²) in [6, 6.07) is 6.80. The van der Waals surface area contributed by atoms with E-state index in [0.29, 0.717) is 0 Å². The van der Waals surface area contributed by atoms with E-state index in [9.17, 15) is 8.78 Å². The Kier molecular flexibility index (Phi) is 3.00. The quantitative estimate of drug-likeness (QED) is 0.711. The summed E-state index contributed by atoms with van der Waals surface area (Å²) in [5, 5.41) is 0. The number of nitrogens with zero attached hydrogens (tertiary/aromatic N) is 2. The number of pyridine rings is 1. The molecule has 0 aliphatic heterocycles. The van der Waals surface area contributed by atoms with E-state index in [2.05, 4.69) is 9.98 Å². The predicted octanol–water partition coefficient (Wildman–Crippen LogP) is 3.11. The van der Waals surface area contributed by atoms with E-state index >= 15 is 0 Å². The Hall–Kier alpha value is -2.10. The fraction of sp³-hybridized carbons (Fsp3) is 0. The summed E-state index contributed by atoms with van der Waals surface area (Å²) in [5.41, 5.74) is 0.858. The van der Waals surface area contributed by atoms with Crippen molar-refractivity contribution in [3.8, 4) is 0 Å². The summed E-state index contributed by atoms with van der Waals surface area (Å²) < 4.78 is 25.8. The molecule has 0 aliphatic rings. The zero-order chi connectivity index (χ0) is 11.4. The number of aromatic nitrogens is 1. The Bertz CT molecular complexity index is 510. The average Bonchev–Trinajstić information content (AvgIpc) is 2.29. The zero-order valence-corrected chi connectivity index (χ0v) is 8.27. The lowest BCUT2D eigenvalue weighted by molar-refractivity contribution is 0.585. The molecule has 4 heteroatoms. The van der Waals surface area contributed by atoms with Gasteiger partial charge >= 0.3 is 0 Å². The maximum absolute atomic E-state index is 13.2. The number of halogens is 2. The van der Waals surface area contributed by atoms with Gasteiger partial charge in [-0.3, -0.25) is 9.98 Å². The van der Waals surface area contributed by atoms with Crippen LogP contribution < -0.4 is 0 Å². The minimum absolute atomic E-state index is 0.102. The van der Waals surface area contributed by atoms with Crippen molar-refractivity contribution in [3.05, 3.63) is 59.9 Å². The van der Waals surface area contributed by atoms with Crippen molar-refractivity contribution in [1.82, 2.24) is 4.98 Å². The molecule has 0 aliphatic carbocycles. The standard InChI is InChI=1S/C12H8F2N2/c13-10-3-4-12(11(14)6-10)16-8-9-2-1-5-15-7-9/h1-8H. The zero-order valence-electron chi connectivity index (χ0n) is 8.27. The van der Waals surface area contributed by atoms with Gasteiger partial charge in [0.1, 0.15) is 5.82 Å². The van der Waals surface area contributed by atoms with Crippen molar-refractivity contribution in [2.24, 2.45) is 4.99 Å². The number of hydrogen-bond donors (Lipinski definition) is 0. The molecule has 0 bridgehead atoms. The molecule has 0 radical (unpaired) electrons. The third-order valence-corrected chi connectivity index (χ3v) is 1.95. The number of aliphatic imine (C=N–C) groups is 1. The molecule has 0 saturated carbocycles. The molecule has 1 aromatic carbocycles. The third kappa shape index (κ3) is 2.48. The van der Waals surface area contributed by atoms with Gasteiger partial charge in [-0.05, 0) is 18.2 Å². The Morgan fingerprint density at radius 2 is 2.06 bits per heavy atom. The summed E-state index contributed by atoms with van der Waals surface area (Å²) in [6.07, 6.45) is 4.71. The molecule has 0 fully saturated rings. The molecule has 1 aromatic heterocycles. The second-order valence-electron chi connectivity index (χ2n) is 3.14. The van der Waals surface area contributed by atoms with Crippen LogP contribution in [0.15, 0.2) is 47.7 Å². The molecule has 0 unspecified atom stereocenters. The minimum atomic E-state index is -0.680. The lowest BCUT2D eigenvalue weighted by Gasteiger charge is -1.96. The van der Waals surface area contributed by atoms with Gasteiger partial charge < -0.3 is 0 Å². The normalized spacial score (nSPS) is 10.9. The molecule has 80 valence electrons. The molecule has 0 saturated heterocycles. The maximum Gasteiger partial charge on any atom is 0.151 e. The topological polar surface area (TPSA) is 25.2 Å². The van der Waals surface area contributed by atoms with Crippen LogP contribution in [0, 0.1) is 11.6 Å². The smallest absolute Gasteiger partial charge is 0.151 e. The van der Waals surface area contributed by atoms with Crippen molar-refractivity contribution in [1.29, 1.82) is 0 Å². The fourth-order valence-corrected chi connectivity index (χ4v) is 1.18. The second kappa shape index (κ2) is 4.61. The van der Waals surface area contributed by atoms with Gasteiger partial charge in [-0.1, -0.05) is 6.07 Å². The molecular formula is C12H8F2N2. The van der Waals surface area contributed by atoms with E-state index < -0.39 is 11.6 Å². The Morgan fingerprint density at radius 1 is 1.19 bits per heavy atom. The molecule has 2 nitrogen and oxygen atoms in total. The first-order valence-electron chi connectivity index (χ1n) is 4.65. The highest BCUT2D eigenvalue weighted by molar-refractivity contribution is 5.81. The largest absolute Gasteiger partial charge is 0.264 e. The molecule has 0 N–H and O–H groups in total. The Labute approximate surface area is 91.3 Å². The first-order chi connectivity index (χ1) is 7.75. The van der Waals surface area contributed by atoms with Crippen LogP contribution in [0.4, 0.5) is 14.5 Å². The van der Waals surface area contributed by atoms with Gasteiger partial charge in [0.15, 0.2) is 5.82 Å². The van der Waals surface area contributed by atoms with Gasteiger partial charge in [-0.2, -0.15) is 0 Å². The van der Waals surface area contributed by atoms with Crippen LogP contribution >= 0.6 is 0 Å². The van der Waals surface area contributed by atoms with E-state index in [1.807, 2.05) is 0 Å². The molecule has 0 spiro atoms. The van der Waals surface area contributed by atoms with Crippen molar-refractivity contribution in [2.75, 3.05) is 0 Å². The first-order valence-corrected chi connectivity index (χ1v) is 4.65. The van der Waals surface area contributed by atoms with Crippen LogP contribution in [0.25, 0.3) is 0 Å². The average molecular weight is 218 g/mol. The van der Waals surface area contributed by atoms with Crippen molar-refractivity contribution in [2.45, 2.75) is 0 Å². The van der Waals surface area contributed by atoms with Crippen molar-refractivity contribution < 1.29 is 8.78 Å². The summed E-state index contributed by atoms with van der Waals surface area (Å²) in [4.78, 5) is 7.80. The van der Waals surface area contributed by atoms with Crippen LogP contribution in [-0.4, -0.2) is 11.2 Å². The molecule has 2 aromatic rings. The van der Waals surface area contributed by atoms with E-state index in [-0.39, 0.29) is 5.69 Å². The van der Waals surface area contributed by atoms with Gasteiger partial charge in [0, 0.05) is 30.2 Å². The Morgan fingerprint density at radius 3 is 2.75 bits per heavy atom. The van der Waals surface area contributed by atoms with E-state index in [0.717, 1.165) is 11.6 Å². The van der Waals surface area contributed by atoms with Gasteiger partial charge in [0.05, 0.1) is 5.69 Å². The SMILES string of the molecule is Fc1ccc(N=Cc2cccnc2)c(F)c1. The lowest BCUT2D eigenvalue weighted by Crippen LogP contribution is -1.83. The molecule has 16 heavy (non-hydrogen) atoms. The molecule has 0 amide bonds. The second-order valence-corrected chi connectivity index (χ2v) is 3.14. The first kappa shape index (κ1) is 10.4. The van der Waals surface area contributed by atoms with Gasteiger partial charge in [-0.15, -0.1) is 0 Å². The predicted molar refractivity (Wildman–Crippen MR) is 57.8 cm³/mol. The van der Waals surface area contributed by atoms with E-state index in [4.69, 9.17) is 0 Å². The number of benzene rings is 1. The van der Waals surface area contributed by atoms with Gasteiger partial charge in [0.2, 0.25) is 0 Å². The molecule has 2 rings (SSSR count). The summed E-state index contributed by atoms with van der Waals surface area (Å²) >= 11 is 0. The van der Waals surface area contributed by atoms with Crippen LogP contribution in [0.5, 0.6) is 0 Å². The summed E-state index contributed by atoms with van der Waals surface area (Å²) in [7, 11) is 0. The summed E-state index contributed by atoms with van der Waals surface area (Å²) in [5.74, 6) is -1.29. The van der Waals surface area contributed by atoms with Crippen LogP contribution in [0.2, 0.25) is 0 Å². The highest BCUT2D eigenvalue weighted by atomic mass is 19.1. The van der Waals surface area contributed by atoms with Crippen LogP contribution in [0.3, 0.4) is 0 Å². The Balaban J connectivity index is 2.24. The van der Waals surface area contributed by atoms with Crippen LogP contribution in [-0.2, 0) is 0 Å². The minimum Gasteiger partial charge on any atom is -0.264 e. The highest BCUT2D eigenvalue weighted by Gasteiger charge is 2.00. The lowest BCUT2D eigenvalue weighted by atomic mass is 10.3. The highest BCUT2D eigenvalue weighted by Crippen LogP contribution is 2.17. The molecular weight excluding hydrogens is 210 g/mol. The van der Waals surface area contributed by atoms with E-state index in [1.54, 1.807) is 24.5 Å². The van der Waals surface area contributed by atoms with Gasteiger partial charge in [0.25, 0.3) is 0 Å². The van der Waals surface area contributed by atoms with Crippen molar-refractivity contribution in [3.63, 3.8) is 0 Å².